The van der Waals surface area contributed by atoms with Crippen LogP contribution in [-0.2, 0) is 20.7 Å². The second-order valence-electron chi connectivity index (χ2n) is 8.11. The molecule has 0 atom stereocenters. The van der Waals surface area contributed by atoms with Crippen molar-refractivity contribution in [2.24, 2.45) is 0 Å². The van der Waals surface area contributed by atoms with E-state index in [2.05, 4.69) is 16.9 Å². The van der Waals surface area contributed by atoms with Gasteiger partial charge in [0.1, 0.15) is 13.2 Å². The summed E-state index contributed by atoms with van der Waals surface area (Å²) >= 11 is 1.62. The van der Waals surface area contributed by atoms with E-state index in [0.29, 0.717) is 48.2 Å². The number of thiophene rings is 1. The van der Waals surface area contributed by atoms with Gasteiger partial charge in [-0.3, -0.25) is 9.97 Å². The van der Waals surface area contributed by atoms with E-state index < -0.39 is 5.97 Å². The highest BCUT2D eigenvalue weighted by molar-refractivity contribution is 7.16. The van der Waals surface area contributed by atoms with Crippen molar-refractivity contribution in [2.45, 2.75) is 27.2 Å². The van der Waals surface area contributed by atoms with Crippen LogP contribution in [-0.4, -0.2) is 46.9 Å². The molecular weight excluding hydrogens is 506 g/mol. The number of pyridine rings is 3. The van der Waals surface area contributed by atoms with Crippen molar-refractivity contribution in [3.8, 4) is 44.7 Å². The van der Waals surface area contributed by atoms with Gasteiger partial charge in [-0.15, -0.1) is 11.3 Å². The topological polar surface area (TPSA) is 118 Å². The Bertz CT molecular complexity index is 1480. The maximum atomic E-state index is 12.6. The lowest BCUT2D eigenvalue weighted by atomic mass is 10.1. The first kappa shape index (κ1) is 26.7. The van der Waals surface area contributed by atoms with Crippen molar-refractivity contribution in [2.75, 3.05) is 19.8 Å². The molecule has 0 fully saturated rings. The van der Waals surface area contributed by atoms with Crippen LogP contribution in [0.1, 0.15) is 34.6 Å². The van der Waals surface area contributed by atoms with Crippen LogP contribution in [0.5, 0.6) is 11.5 Å². The van der Waals surface area contributed by atoms with Gasteiger partial charge >= 0.3 is 12.1 Å². The minimum absolute atomic E-state index is 0.250. The van der Waals surface area contributed by atoms with Gasteiger partial charge < -0.3 is 14.2 Å². The number of nitrogens with zero attached hydrogens (tertiary/aromatic N) is 3. The molecule has 38 heavy (non-hydrogen) atoms. The number of carbonyl (C=O) groups is 1. The summed E-state index contributed by atoms with van der Waals surface area (Å²) in [6, 6.07) is 11.3. The Kier molecular flexibility index (Phi) is 8.58. The summed E-state index contributed by atoms with van der Waals surface area (Å²) in [6.45, 7) is 7.27. The molecule has 194 valence electrons. The molecule has 0 radical (unpaired) electrons. The minimum atomic E-state index is -0.404. The lowest BCUT2D eigenvalue weighted by molar-refractivity contribution is -0.191. The van der Waals surface area contributed by atoms with E-state index in [4.69, 9.17) is 28.8 Å². The predicted octanol–water partition coefficient (Wildman–Crippen LogP) is 5.17. The van der Waals surface area contributed by atoms with E-state index >= 15 is 0 Å². The second kappa shape index (κ2) is 12.2. The van der Waals surface area contributed by atoms with Crippen LogP contribution in [0.15, 0.2) is 48.8 Å². The minimum Gasteiger partial charge on any atom is -0.485 e. The van der Waals surface area contributed by atoms with Crippen LogP contribution in [0.3, 0.4) is 0 Å². The fourth-order valence-electron chi connectivity index (χ4n) is 3.92. The summed E-state index contributed by atoms with van der Waals surface area (Å²) in [6.07, 6.45) is 4.69. The number of fused-ring (bicyclic) bond motifs is 1. The Balaban J connectivity index is 0.00000107. The molecule has 5 rings (SSSR count). The van der Waals surface area contributed by atoms with Crippen LogP contribution in [0.25, 0.3) is 33.2 Å². The van der Waals surface area contributed by atoms with E-state index in [0.717, 1.165) is 38.8 Å². The third kappa shape index (κ3) is 5.77. The van der Waals surface area contributed by atoms with E-state index in [1.807, 2.05) is 31.2 Å². The molecule has 0 bridgehead atoms. The van der Waals surface area contributed by atoms with Crippen molar-refractivity contribution >= 4 is 23.5 Å². The van der Waals surface area contributed by atoms with Crippen molar-refractivity contribution in [1.29, 1.82) is 0 Å². The van der Waals surface area contributed by atoms with Gasteiger partial charge in [-0.05, 0) is 62.2 Å². The lowest BCUT2D eigenvalue weighted by Crippen LogP contribution is -2.14. The van der Waals surface area contributed by atoms with E-state index in [-0.39, 0.29) is 6.15 Å². The second-order valence-corrected chi connectivity index (χ2v) is 9.33. The van der Waals surface area contributed by atoms with Gasteiger partial charge in [0.15, 0.2) is 11.5 Å². The normalized spacial score (nSPS) is 11.7. The first-order valence-corrected chi connectivity index (χ1v) is 12.8. The van der Waals surface area contributed by atoms with Crippen molar-refractivity contribution < 1.29 is 28.6 Å². The van der Waals surface area contributed by atoms with E-state index in [1.165, 1.54) is 0 Å². The Hall–Kier alpha value is -4.40. The summed E-state index contributed by atoms with van der Waals surface area (Å²) < 4.78 is 16.9. The van der Waals surface area contributed by atoms with E-state index in [9.17, 15) is 4.79 Å². The van der Waals surface area contributed by atoms with Gasteiger partial charge in [0.2, 0.25) is 0 Å². The molecule has 0 N–H and O–H groups in total. The Morgan fingerprint density at radius 3 is 2.34 bits per heavy atom. The number of ether oxygens (including phenoxy) is 3. The number of carbonyl (C=O) groups excluding carboxylic acids is 3. The maximum Gasteiger partial charge on any atom is 0.373 e. The highest BCUT2D eigenvalue weighted by Crippen LogP contribution is 2.48. The first-order chi connectivity index (χ1) is 18.5. The predicted molar refractivity (Wildman–Crippen MR) is 140 cm³/mol. The number of aromatic nitrogens is 3. The van der Waals surface area contributed by atoms with Crippen LogP contribution in [0.2, 0.25) is 0 Å². The summed E-state index contributed by atoms with van der Waals surface area (Å²) in [5, 5.41) is 0. The Morgan fingerprint density at radius 1 is 0.974 bits per heavy atom. The summed E-state index contributed by atoms with van der Waals surface area (Å²) in [5.74, 6) is 1.19. The van der Waals surface area contributed by atoms with Crippen LogP contribution in [0, 0.1) is 6.92 Å². The highest BCUT2D eigenvalue weighted by atomic mass is 32.1. The number of hydrogen-bond donors (Lipinski definition) is 0. The maximum absolute atomic E-state index is 12.6. The molecule has 0 saturated carbocycles. The van der Waals surface area contributed by atoms with Crippen molar-refractivity contribution in [1.82, 2.24) is 15.0 Å². The largest absolute Gasteiger partial charge is 0.485 e. The molecule has 0 aliphatic carbocycles. The molecule has 0 amide bonds. The zero-order chi connectivity index (χ0) is 27.1. The average molecular weight is 532 g/mol. The monoisotopic (exact) mass is 531 g/mol. The van der Waals surface area contributed by atoms with Gasteiger partial charge in [-0.1, -0.05) is 6.92 Å². The summed E-state index contributed by atoms with van der Waals surface area (Å²) in [4.78, 5) is 44.9. The Labute approximate surface area is 223 Å². The number of rotatable bonds is 6. The zero-order valence-corrected chi connectivity index (χ0v) is 22.0. The van der Waals surface area contributed by atoms with Crippen LogP contribution in [0.4, 0.5) is 0 Å². The van der Waals surface area contributed by atoms with Crippen molar-refractivity contribution in [3.63, 3.8) is 0 Å². The van der Waals surface area contributed by atoms with Gasteiger partial charge in [0, 0.05) is 22.8 Å². The Morgan fingerprint density at radius 2 is 1.68 bits per heavy atom. The van der Waals surface area contributed by atoms with Crippen molar-refractivity contribution in [3.05, 3.63) is 64.8 Å². The molecule has 1 aliphatic heterocycles. The fourth-order valence-corrected chi connectivity index (χ4v) is 4.96. The first-order valence-electron chi connectivity index (χ1n) is 12.0. The highest BCUT2D eigenvalue weighted by Gasteiger charge is 2.23. The third-order valence-electron chi connectivity index (χ3n) is 5.68. The molecule has 1 aliphatic rings. The number of aryl methyl sites for hydroxylation is 2. The van der Waals surface area contributed by atoms with Gasteiger partial charge in [-0.2, -0.15) is 9.59 Å². The van der Waals surface area contributed by atoms with E-state index in [1.54, 1.807) is 42.8 Å². The molecule has 4 aromatic rings. The van der Waals surface area contributed by atoms with Crippen LogP contribution >= 0.6 is 11.3 Å². The molecule has 9 nitrogen and oxygen atoms in total. The molecule has 10 heteroatoms. The van der Waals surface area contributed by atoms with Gasteiger partial charge in [0.25, 0.3) is 0 Å². The fraction of sp³-hybridized carbons (Fsp3) is 0.250. The quantitative estimate of drug-likeness (QED) is 0.311. The zero-order valence-electron chi connectivity index (χ0n) is 21.1. The molecule has 0 saturated heterocycles. The molecule has 5 heterocycles. The van der Waals surface area contributed by atoms with Gasteiger partial charge in [0.05, 0.1) is 39.8 Å². The molecule has 0 aromatic carbocycles. The SMILES string of the molecule is CCOC(=O)c1cc(-c2ccc(-c3sc(C)c4c3OCCO4)cn2)nc(-c2cc(CC)ccn2)c1.O=C=O. The summed E-state index contributed by atoms with van der Waals surface area (Å²) in [7, 11) is 0. The van der Waals surface area contributed by atoms with Gasteiger partial charge in [-0.25, -0.2) is 9.78 Å². The molecule has 4 aromatic heterocycles. The van der Waals surface area contributed by atoms with Crippen LogP contribution < -0.4 is 9.47 Å². The third-order valence-corrected chi connectivity index (χ3v) is 6.80. The number of hydrogen-bond acceptors (Lipinski definition) is 10. The molecular formula is C28H25N3O6S. The molecule has 0 spiro atoms. The summed E-state index contributed by atoms with van der Waals surface area (Å²) in [5.41, 5.74) is 5.01. The average Bonchev–Trinajstić information content (AvgIpc) is 3.30. The smallest absolute Gasteiger partial charge is 0.373 e. The standard InChI is InChI=1S/C27H25N3O4S.CO2/c1-4-17-8-9-28-21(12-17)23-14-19(27(31)32-5-2)13-22(30-23)20-7-6-18(15-29-20)26-25-24(16(3)35-26)33-10-11-34-25;2-1-3/h6-9,12-15H,4-5,10-11H2,1-3H3;. The molecule has 0 unspecified atom stereocenters. The lowest BCUT2D eigenvalue weighted by Gasteiger charge is -2.16. The number of esters is 1.